The molecule has 0 amide bonds. The minimum Gasteiger partial charge on any atom is -0.508 e. The molecule has 0 unspecified atom stereocenters. The Hall–Kier alpha value is -3.04. The second-order valence-corrected chi connectivity index (χ2v) is 7.45. The lowest BCUT2D eigenvalue weighted by atomic mass is 10.0. The van der Waals surface area contributed by atoms with Crippen LogP contribution in [0.25, 0.3) is 0 Å². The summed E-state index contributed by atoms with van der Waals surface area (Å²) in [5, 5.41) is 32.2. The number of nitrogens with one attached hydrogen (secondary N) is 1. The topological polar surface area (TPSA) is 79.5 Å². The molecular weight excluding hydrogens is 398 g/mol. The standard InChI is InChI=1S/C24H24ClN3O2/c25-22-14-21(30)10-11-23(22)27-24(20-8-6-18(15-26)7-9-20)17-28(12-13-29)16-19-4-2-1-3-5-19/h1-11,14,24,27,29-30H,12-13,16-17H2/t24-/m0/s1. The average Bonchev–Trinajstić information content (AvgIpc) is 2.76. The zero-order valence-corrected chi connectivity index (χ0v) is 17.3. The number of aliphatic hydroxyl groups excluding tert-OH is 1. The maximum atomic E-state index is 9.65. The van der Waals surface area contributed by atoms with E-state index in [9.17, 15) is 10.2 Å². The van der Waals surface area contributed by atoms with Crippen molar-refractivity contribution in [2.24, 2.45) is 0 Å². The van der Waals surface area contributed by atoms with E-state index in [1.807, 2.05) is 30.3 Å². The highest BCUT2D eigenvalue weighted by Gasteiger charge is 2.18. The van der Waals surface area contributed by atoms with Gasteiger partial charge in [0.15, 0.2) is 0 Å². The number of anilines is 1. The summed E-state index contributed by atoms with van der Waals surface area (Å²) in [7, 11) is 0. The second-order valence-electron chi connectivity index (χ2n) is 7.04. The van der Waals surface area contributed by atoms with Crippen molar-refractivity contribution in [3.05, 3.63) is 94.5 Å². The first-order chi connectivity index (χ1) is 14.6. The highest BCUT2D eigenvalue weighted by molar-refractivity contribution is 6.33. The molecule has 6 heteroatoms. The van der Waals surface area contributed by atoms with Gasteiger partial charge in [-0.2, -0.15) is 5.26 Å². The van der Waals surface area contributed by atoms with Gasteiger partial charge in [-0.15, -0.1) is 0 Å². The van der Waals surface area contributed by atoms with Gasteiger partial charge in [0, 0.05) is 25.7 Å². The van der Waals surface area contributed by atoms with Gasteiger partial charge in [0.2, 0.25) is 0 Å². The number of aliphatic hydroxyl groups is 1. The largest absolute Gasteiger partial charge is 0.508 e. The molecule has 3 N–H and O–H groups in total. The summed E-state index contributed by atoms with van der Waals surface area (Å²) in [5.41, 5.74) is 3.45. The number of aromatic hydroxyl groups is 1. The van der Waals surface area contributed by atoms with Crippen molar-refractivity contribution in [3.8, 4) is 11.8 Å². The van der Waals surface area contributed by atoms with Crippen LogP contribution in [0.1, 0.15) is 22.7 Å². The van der Waals surface area contributed by atoms with Gasteiger partial charge in [-0.3, -0.25) is 4.90 Å². The predicted molar refractivity (Wildman–Crippen MR) is 119 cm³/mol. The lowest BCUT2D eigenvalue weighted by Crippen LogP contribution is -2.33. The van der Waals surface area contributed by atoms with Crippen molar-refractivity contribution in [1.82, 2.24) is 4.90 Å². The van der Waals surface area contributed by atoms with Crippen LogP contribution in [-0.4, -0.2) is 34.8 Å². The maximum Gasteiger partial charge on any atom is 0.117 e. The third-order valence-corrected chi connectivity index (χ3v) is 5.14. The number of halogens is 1. The number of nitrogens with zero attached hydrogens (tertiary/aromatic N) is 2. The summed E-state index contributed by atoms with van der Waals surface area (Å²) in [5.74, 6) is 0.103. The Labute approximate surface area is 181 Å². The highest BCUT2D eigenvalue weighted by atomic mass is 35.5. The molecule has 0 bridgehead atoms. The van der Waals surface area contributed by atoms with Crippen LogP contribution in [0.3, 0.4) is 0 Å². The van der Waals surface area contributed by atoms with Crippen molar-refractivity contribution >= 4 is 17.3 Å². The van der Waals surface area contributed by atoms with Crippen LogP contribution in [-0.2, 0) is 6.54 Å². The minimum absolute atomic E-state index is 0.0485. The Morgan fingerprint density at radius 3 is 2.40 bits per heavy atom. The normalized spacial score (nSPS) is 11.8. The Kier molecular flexibility index (Phi) is 7.69. The zero-order valence-electron chi connectivity index (χ0n) is 16.5. The van der Waals surface area contributed by atoms with Crippen molar-refractivity contribution in [2.75, 3.05) is 25.0 Å². The summed E-state index contributed by atoms with van der Waals surface area (Å²) in [4.78, 5) is 2.17. The first kappa shape index (κ1) is 21.7. The fraction of sp³-hybridized carbons (Fsp3) is 0.208. The SMILES string of the molecule is N#Cc1ccc([C@H](CN(CCO)Cc2ccccc2)Nc2ccc(O)cc2Cl)cc1. The number of phenols is 1. The molecule has 1 atom stereocenters. The number of hydrogen-bond acceptors (Lipinski definition) is 5. The molecule has 0 aromatic heterocycles. The van der Waals surface area contributed by atoms with E-state index in [1.165, 1.54) is 6.07 Å². The third-order valence-electron chi connectivity index (χ3n) is 4.83. The number of hydrogen-bond donors (Lipinski definition) is 3. The first-order valence-corrected chi connectivity index (χ1v) is 10.1. The van der Waals surface area contributed by atoms with Gasteiger partial charge in [-0.25, -0.2) is 0 Å². The smallest absolute Gasteiger partial charge is 0.117 e. The first-order valence-electron chi connectivity index (χ1n) is 9.71. The monoisotopic (exact) mass is 421 g/mol. The summed E-state index contributed by atoms with van der Waals surface area (Å²) in [6, 6.07) is 24.3. The molecule has 0 aliphatic heterocycles. The van der Waals surface area contributed by atoms with E-state index in [1.54, 1.807) is 24.3 Å². The Morgan fingerprint density at radius 2 is 1.77 bits per heavy atom. The molecule has 3 aromatic rings. The molecule has 0 saturated carbocycles. The van der Waals surface area contributed by atoms with Crippen molar-refractivity contribution in [3.63, 3.8) is 0 Å². The molecule has 0 aliphatic rings. The van der Waals surface area contributed by atoms with Gasteiger partial charge in [0.25, 0.3) is 0 Å². The fourth-order valence-electron chi connectivity index (χ4n) is 3.31. The molecule has 3 rings (SSSR count). The molecule has 30 heavy (non-hydrogen) atoms. The third kappa shape index (κ3) is 5.98. The van der Waals surface area contributed by atoms with Crippen LogP contribution in [0.15, 0.2) is 72.8 Å². The van der Waals surface area contributed by atoms with Crippen LogP contribution in [0, 0.1) is 11.3 Å². The van der Waals surface area contributed by atoms with Gasteiger partial charge in [-0.1, -0.05) is 54.1 Å². The van der Waals surface area contributed by atoms with E-state index in [0.29, 0.717) is 35.9 Å². The maximum absolute atomic E-state index is 9.65. The molecule has 0 saturated heterocycles. The molecular formula is C24H24ClN3O2. The molecule has 0 spiro atoms. The van der Waals surface area contributed by atoms with E-state index >= 15 is 0 Å². The van der Waals surface area contributed by atoms with Crippen LogP contribution in [0.2, 0.25) is 5.02 Å². The van der Waals surface area contributed by atoms with E-state index in [0.717, 1.165) is 11.1 Å². The van der Waals surface area contributed by atoms with Crippen molar-refractivity contribution < 1.29 is 10.2 Å². The molecule has 0 radical (unpaired) electrons. The van der Waals surface area contributed by atoms with Crippen molar-refractivity contribution in [1.29, 1.82) is 5.26 Å². The van der Waals surface area contributed by atoms with E-state index in [-0.39, 0.29) is 18.4 Å². The van der Waals surface area contributed by atoms with Gasteiger partial charge in [0.05, 0.1) is 35.0 Å². The molecule has 3 aromatic carbocycles. The van der Waals surface area contributed by atoms with Gasteiger partial charge < -0.3 is 15.5 Å². The van der Waals surface area contributed by atoms with Gasteiger partial charge in [-0.05, 0) is 35.4 Å². The molecule has 0 heterocycles. The van der Waals surface area contributed by atoms with E-state index in [4.69, 9.17) is 16.9 Å². The Morgan fingerprint density at radius 1 is 1.03 bits per heavy atom. The molecule has 0 aliphatic carbocycles. The number of phenolic OH excluding ortho intramolecular Hbond substituents is 1. The summed E-state index contributed by atoms with van der Waals surface area (Å²) in [6.07, 6.45) is 0. The lowest BCUT2D eigenvalue weighted by Gasteiger charge is -2.29. The zero-order chi connectivity index (χ0) is 21.3. The minimum atomic E-state index is -0.143. The van der Waals surface area contributed by atoms with Crippen LogP contribution < -0.4 is 5.32 Å². The van der Waals surface area contributed by atoms with Gasteiger partial charge in [0.1, 0.15) is 5.75 Å². The van der Waals surface area contributed by atoms with E-state index in [2.05, 4.69) is 28.4 Å². The molecule has 154 valence electrons. The Balaban J connectivity index is 1.87. The number of nitriles is 1. The average molecular weight is 422 g/mol. The van der Waals surface area contributed by atoms with Crippen LogP contribution >= 0.6 is 11.6 Å². The Bertz CT molecular complexity index is 988. The fourth-order valence-corrected chi connectivity index (χ4v) is 3.54. The van der Waals surface area contributed by atoms with Crippen molar-refractivity contribution in [2.45, 2.75) is 12.6 Å². The van der Waals surface area contributed by atoms with Gasteiger partial charge >= 0.3 is 0 Å². The highest BCUT2D eigenvalue weighted by Crippen LogP contribution is 2.30. The quantitative estimate of drug-likeness (QED) is 0.441. The second kappa shape index (κ2) is 10.7. The number of benzene rings is 3. The molecule has 5 nitrogen and oxygen atoms in total. The van der Waals surface area contributed by atoms with Crippen LogP contribution in [0.4, 0.5) is 5.69 Å². The summed E-state index contributed by atoms with van der Waals surface area (Å²) >= 11 is 6.32. The van der Waals surface area contributed by atoms with E-state index < -0.39 is 0 Å². The summed E-state index contributed by atoms with van der Waals surface area (Å²) < 4.78 is 0. The summed E-state index contributed by atoms with van der Waals surface area (Å²) in [6.45, 7) is 1.87. The lowest BCUT2D eigenvalue weighted by molar-refractivity contribution is 0.185. The van der Waals surface area contributed by atoms with Crippen LogP contribution in [0.5, 0.6) is 5.75 Å². The predicted octanol–water partition coefficient (Wildman–Crippen LogP) is 4.56. The number of rotatable bonds is 9. The molecule has 0 fully saturated rings.